The van der Waals surface area contributed by atoms with Gasteiger partial charge in [-0.25, -0.2) is 4.79 Å². The molecule has 0 saturated heterocycles. The van der Waals surface area contributed by atoms with Crippen LogP contribution in [0.1, 0.15) is 57.8 Å². The molecule has 0 unspecified atom stereocenters. The van der Waals surface area contributed by atoms with E-state index in [1.807, 2.05) is 0 Å². The van der Waals surface area contributed by atoms with Crippen LogP contribution in [0.4, 0.5) is 0 Å². The Morgan fingerprint density at radius 3 is 1.91 bits per heavy atom. The number of carbonyl (C=O) groups is 4. The van der Waals surface area contributed by atoms with E-state index in [9.17, 15) is 19.2 Å². The van der Waals surface area contributed by atoms with Crippen LogP contribution in [0.25, 0.3) is 0 Å². The molecule has 0 fully saturated rings. The number of nitrogens with one attached hydrogen (secondary N) is 1. The summed E-state index contributed by atoms with van der Waals surface area (Å²) >= 11 is 0. The fourth-order valence-electron chi connectivity index (χ4n) is 1.90. The summed E-state index contributed by atoms with van der Waals surface area (Å²) in [6.45, 7) is 0. The van der Waals surface area contributed by atoms with Gasteiger partial charge in [0, 0.05) is 19.3 Å². The predicted molar refractivity (Wildman–Crippen MR) is 77.9 cm³/mol. The van der Waals surface area contributed by atoms with E-state index in [4.69, 9.17) is 15.9 Å². The highest BCUT2D eigenvalue weighted by molar-refractivity contribution is 5.84. The third-order valence-corrected chi connectivity index (χ3v) is 3.11. The SMILES string of the molecule is NC(=O)CC[C@H](NC(=O)CCCCCCCC(=O)O)C(=O)O. The monoisotopic (exact) mass is 316 g/mol. The number of hydrogen-bond acceptors (Lipinski definition) is 4. The van der Waals surface area contributed by atoms with Gasteiger partial charge in [-0.15, -0.1) is 0 Å². The van der Waals surface area contributed by atoms with Gasteiger partial charge in [0.2, 0.25) is 11.8 Å². The lowest BCUT2D eigenvalue weighted by Gasteiger charge is -2.13. The second-order valence-electron chi connectivity index (χ2n) is 5.12. The van der Waals surface area contributed by atoms with Crippen LogP contribution in [-0.2, 0) is 19.2 Å². The predicted octanol–water partition coefficient (Wildman–Crippen LogP) is 0.637. The Bertz CT molecular complexity index is 397. The Morgan fingerprint density at radius 1 is 0.864 bits per heavy atom. The highest BCUT2D eigenvalue weighted by Crippen LogP contribution is 2.07. The van der Waals surface area contributed by atoms with Gasteiger partial charge < -0.3 is 21.3 Å². The molecule has 2 amide bonds. The maximum Gasteiger partial charge on any atom is 0.326 e. The molecule has 0 aliphatic carbocycles. The van der Waals surface area contributed by atoms with E-state index >= 15 is 0 Å². The van der Waals surface area contributed by atoms with Gasteiger partial charge in [0.15, 0.2) is 0 Å². The summed E-state index contributed by atoms with van der Waals surface area (Å²) in [4.78, 5) is 43.5. The molecule has 0 aromatic carbocycles. The minimum Gasteiger partial charge on any atom is -0.481 e. The molecule has 0 aromatic heterocycles. The van der Waals surface area contributed by atoms with Crippen molar-refractivity contribution >= 4 is 23.8 Å². The molecule has 8 heteroatoms. The topological polar surface area (TPSA) is 147 Å². The number of aliphatic carboxylic acids is 2. The van der Waals surface area contributed by atoms with Crippen LogP contribution in [-0.4, -0.2) is 40.0 Å². The van der Waals surface area contributed by atoms with Crippen molar-refractivity contribution in [3.63, 3.8) is 0 Å². The molecule has 126 valence electrons. The number of primary amides is 1. The maximum absolute atomic E-state index is 11.6. The molecule has 0 aromatic rings. The molecule has 0 bridgehead atoms. The quantitative estimate of drug-likeness (QED) is 0.366. The molecule has 0 heterocycles. The number of carboxylic acid groups (broad SMARTS) is 2. The van der Waals surface area contributed by atoms with Crippen molar-refractivity contribution in [3.05, 3.63) is 0 Å². The summed E-state index contributed by atoms with van der Waals surface area (Å²) in [6, 6.07) is -1.10. The molecule has 0 rings (SSSR count). The second kappa shape index (κ2) is 11.5. The van der Waals surface area contributed by atoms with Gasteiger partial charge in [-0.3, -0.25) is 14.4 Å². The molecule has 0 aliphatic rings. The molecule has 0 saturated carbocycles. The molecule has 22 heavy (non-hydrogen) atoms. The third kappa shape index (κ3) is 11.7. The van der Waals surface area contributed by atoms with Crippen LogP contribution < -0.4 is 11.1 Å². The van der Waals surface area contributed by atoms with Crippen LogP contribution in [0, 0.1) is 0 Å². The number of amides is 2. The molecule has 0 spiro atoms. The zero-order valence-corrected chi connectivity index (χ0v) is 12.5. The standard InChI is InChI=1S/C14H24N2O6/c15-11(17)9-8-10(14(21)22)16-12(18)6-4-2-1-3-5-7-13(19)20/h10H,1-9H2,(H2,15,17)(H,16,18)(H,19,20)(H,21,22)/t10-/m0/s1. The van der Waals surface area contributed by atoms with Crippen molar-refractivity contribution in [3.8, 4) is 0 Å². The second-order valence-corrected chi connectivity index (χ2v) is 5.12. The van der Waals surface area contributed by atoms with E-state index in [2.05, 4.69) is 5.32 Å². The van der Waals surface area contributed by atoms with Crippen LogP contribution in [0.3, 0.4) is 0 Å². The fourth-order valence-corrected chi connectivity index (χ4v) is 1.90. The van der Waals surface area contributed by atoms with Crippen molar-refractivity contribution in [2.75, 3.05) is 0 Å². The van der Waals surface area contributed by atoms with Gasteiger partial charge in [-0.05, 0) is 19.3 Å². The van der Waals surface area contributed by atoms with Crippen molar-refractivity contribution < 1.29 is 29.4 Å². The largest absolute Gasteiger partial charge is 0.481 e. The molecule has 8 nitrogen and oxygen atoms in total. The Morgan fingerprint density at radius 2 is 1.41 bits per heavy atom. The van der Waals surface area contributed by atoms with Gasteiger partial charge in [-0.1, -0.05) is 19.3 Å². The number of hydrogen-bond donors (Lipinski definition) is 4. The number of unbranched alkanes of at least 4 members (excludes halogenated alkanes) is 4. The highest BCUT2D eigenvalue weighted by Gasteiger charge is 2.20. The van der Waals surface area contributed by atoms with E-state index < -0.39 is 23.9 Å². The number of carbonyl (C=O) groups excluding carboxylic acids is 2. The number of carboxylic acids is 2. The Labute approximate surface area is 129 Å². The van der Waals surface area contributed by atoms with Crippen molar-refractivity contribution in [2.45, 2.75) is 63.8 Å². The number of nitrogens with two attached hydrogens (primary N) is 1. The summed E-state index contributed by atoms with van der Waals surface area (Å²) in [7, 11) is 0. The first kappa shape index (κ1) is 19.9. The van der Waals surface area contributed by atoms with Gasteiger partial charge in [0.25, 0.3) is 0 Å². The van der Waals surface area contributed by atoms with E-state index in [0.29, 0.717) is 12.8 Å². The first-order valence-electron chi connectivity index (χ1n) is 7.35. The molecule has 1 atom stereocenters. The lowest BCUT2D eigenvalue weighted by atomic mass is 10.1. The average Bonchev–Trinajstić information content (AvgIpc) is 2.41. The molecule has 0 radical (unpaired) electrons. The average molecular weight is 316 g/mol. The van der Waals surface area contributed by atoms with Gasteiger partial charge in [0.05, 0.1) is 0 Å². The first-order valence-corrected chi connectivity index (χ1v) is 7.35. The fraction of sp³-hybridized carbons (Fsp3) is 0.714. The van der Waals surface area contributed by atoms with Gasteiger partial charge in [0.1, 0.15) is 6.04 Å². The molecule has 5 N–H and O–H groups in total. The number of rotatable bonds is 13. The summed E-state index contributed by atoms with van der Waals surface area (Å²) in [6.07, 6.45) is 3.89. The summed E-state index contributed by atoms with van der Waals surface area (Å²) in [5, 5.41) is 19.8. The van der Waals surface area contributed by atoms with E-state index in [0.717, 1.165) is 19.3 Å². The minimum absolute atomic E-state index is 0.0222. The summed E-state index contributed by atoms with van der Waals surface area (Å²) < 4.78 is 0. The van der Waals surface area contributed by atoms with Crippen molar-refractivity contribution in [2.24, 2.45) is 5.73 Å². The maximum atomic E-state index is 11.6. The van der Waals surface area contributed by atoms with E-state index in [-0.39, 0.29) is 31.6 Å². The Hall–Kier alpha value is -2.12. The first-order chi connectivity index (χ1) is 10.3. The van der Waals surface area contributed by atoms with E-state index in [1.165, 1.54) is 0 Å². The summed E-state index contributed by atoms with van der Waals surface area (Å²) in [5.41, 5.74) is 4.95. The van der Waals surface area contributed by atoms with Crippen molar-refractivity contribution in [1.29, 1.82) is 0 Å². The Balaban J connectivity index is 3.79. The van der Waals surface area contributed by atoms with Crippen LogP contribution in [0.15, 0.2) is 0 Å². The smallest absolute Gasteiger partial charge is 0.326 e. The molecular formula is C14H24N2O6. The minimum atomic E-state index is -1.19. The Kier molecular flexibility index (Phi) is 10.4. The van der Waals surface area contributed by atoms with E-state index in [1.54, 1.807) is 0 Å². The lowest BCUT2D eigenvalue weighted by molar-refractivity contribution is -0.142. The highest BCUT2D eigenvalue weighted by atomic mass is 16.4. The molecule has 0 aliphatic heterocycles. The normalized spacial score (nSPS) is 11.6. The third-order valence-electron chi connectivity index (χ3n) is 3.11. The van der Waals surface area contributed by atoms with Crippen LogP contribution in [0.5, 0.6) is 0 Å². The summed E-state index contributed by atoms with van der Waals surface area (Å²) in [5.74, 6) is -2.98. The zero-order chi connectivity index (χ0) is 17.0. The van der Waals surface area contributed by atoms with Crippen molar-refractivity contribution in [1.82, 2.24) is 5.32 Å². The van der Waals surface area contributed by atoms with Crippen LogP contribution in [0.2, 0.25) is 0 Å². The lowest BCUT2D eigenvalue weighted by Crippen LogP contribution is -2.41. The van der Waals surface area contributed by atoms with Gasteiger partial charge in [-0.2, -0.15) is 0 Å². The zero-order valence-electron chi connectivity index (χ0n) is 12.5. The van der Waals surface area contributed by atoms with Crippen LogP contribution >= 0.6 is 0 Å². The van der Waals surface area contributed by atoms with Gasteiger partial charge >= 0.3 is 11.9 Å². The molecular weight excluding hydrogens is 292 g/mol.